The average Bonchev–Trinajstić information content (AvgIpc) is 3.75. The zero-order chi connectivity index (χ0) is 27.0. The van der Waals surface area contributed by atoms with Crippen LogP contribution in [0.4, 0.5) is 0 Å². The molecule has 0 spiro atoms. The quantitative estimate of drug-likeness (QED) is 0.223. The molecule has 5 saturated carbocycles. The second-order valence-electron chi connectivity index (χ2n) is 12.1. The van der Waals surface area contributed by atoms with Crippen molar-refractivity contribution in [1.82, 2.24) is 0 Å². The summed E-state index contributed by atoms with van der Waals surface area (Å²) >= 11 is 0. The molecule has 1 atom stereocenters. The number of hydrogen-bond donors (Lipinski definition) is 0. The summed E-state index contributed by atoms with van der Waals surface area (Å²) in [5.74, 6) is 3.56. The minimum Gasteiger partial charge on any atom is -0.0965 e. The summed E-state index contributed by atoms with van der Waals surface area (Å²) in [6.07, 6.45) is 34.3. The third-order valence-electron chi connectivity index (χ3n) is 9.50. The molecule has 41 heavy (non-hydrogen) atoms. The van der Waals surface area contributed by atoms with Crippen LogP contribution in [0.2, 0.25) is 0 Å². The molecule has 5 aliphatic rings. The fourth-order valence-corrected chi connectivity index (χ4v) is 15.0. The number of hydrogen-bond acceptors (Lipinski definition) is 0. The van der Waals surface area contributed by atoms with Crippen molar-refractivity contribution in [2.45, 2.75) is 100 Å². The smallest absolute Gasteiger partial charge is 0.0965 e. The molecule has 0 saturated heterocycles. The maximum absolute atomic E-state index is 2.57. The first-order valence-electron chi connectivity index (χ1n) is 16.0. The molecule has 0 unspecified atom stereocenters. The second-order valence-corrected chi connectivity index (χ2v) is 17.2. The van der Waals surface area contributed by atoms with Crippen LogP contribution >= 0.6 is 15.8 Å². The first kappa shape index (κ1) is 32.2. The van der Waals surface area contributed by atoms with E-state index in [1.807, 2.05) is 38.0 Å². The van der Waals surface area contributed by atoms with Crippen LogP contribution in [0.3, 0.4) is 0 Å². The summed E-state index contributed by atoms with van der Waals surface area (Å²) < 4.78 is 0. The van der Waals surface area contributed by atoms with Crippen LogP contribution in [0, 0.1) is 62.4 Å². The number of benzene rings is 2. The molecule has 0 amide bonds. The van der Waals surface area contributed by atoms with Gasteiger partial charge < -0.3 is 0 Å². The fourth-order valence-electron chi connectivity index (χ4n) is 7.72. The van der Waals surface area contributed by atoms with Crippen molar-refractivity contribution in [2.75, 3.05) is 0 Å². The molecule has 0 nitrogen and oxygen atoms in total. The van der Waals surface area contributed by atoms with E-state index in [1.165, 1.54) is 94.1 Å². The van der Waals surface area contributed by atoms with Crippen LogP contribution in [0.15, 0.2) is 60.7 Å². The zero-order valence-electron chi connectivity index (χ0n) is 24.5. The van der Waals surface area contributed by atoms with Crippen molar-refractivity contribution in [2.24, 2.45) is 0 Å². The molecule has 0 aromatic heterocycles. The van der Waals surface area contributed by atoms with Crippen LogP contribution in [-0.4, -0.2) is 17.0 Å². The van der Waals surface area contributed by atoms with Gasteiger partial charge >= 0.3 is 17.1 Å². The van der Waals surface area contributed by atoms with Gasteiger partial charge in [0.1, 0.15) is 0 Å². The van der Waals surface area contributed by atoms with Gasteiger partial charge in [0.2, 0.25) is 0 Å². The Bertz CT molecular complexity index is 915. The van der Waals surface area contributed by atoms with Crippen LogP contribution < -0.4 is 10.6 Å². The summed E-state index contributed by atoms with van der Waals surface area (Å²) in [6.45, 7) is 0. The second kappa shape index (κ2) is 16.8. The predicted octanol–water partition coefficient (Wildman–Crippen LogP) is 9.94. The Balaban J connectivity index is 0.000000510. The van der Waals surface area contributed by atoms with E-state index in [4.69, 9.17) is 0 Å². The maximum Gasteiger partial charge on any atom is 2.00 e. The van der Waals surface area contributed by atoms with Crippen LogP contribution in [0.5, 0.6) is 0 Å². The fraction of sp³-hybridized carbons (Fsp3) is 0.421. The van der Waals surface area contributed by atoms with Gasteiger partial charge in [-0.15, -0.1) is 0 Å². The Labute approximate surface area is 266 Å². The summed E-state index contributed by atoms with van der Waals surface area (Å²) in [5.41, 5.74) is 4.61. The summed E-state index contributed by atoms with van der Waals surface area (Å²) in [6, 6.07) is 22.9. The third-order valence-corrected chi connectivity index (χ3v) is 16.0. The molecule has 10 radical (unpaired) electrons. The van der Waals surface area contributed by atoms with Gasteiger partial charge in [0.15, 0.2) is 0 Å². The summed E-state index contributed by atoms with van der Waals surface area (Å²) in [4.78, 5) is 0. The first-order chi connectivity index (χ1) is 19.9. The van der Waals surface area contributed by atoms with E-state index in [-0.39, 0.29) is 25.0 Å². The summed E-state index contributed by atoms with van der Waals surface area (Å²) in [5, 5.41) is 3.04. The van der Waals surface area contributed by atoms with Gasteiger partial charge in [0, 0.05) is 11.6 Å². The van der Waals surface area contributed by atoms with E-state index in [9.17, 15) is 0 Å². The standard InChI is InChI=1S/C33H41P2.C5H5.Fe/c1-5-15-27(16-6-1)34(28-17-7-2-8-18-28)31-23-13-14-26-24-25-32(33(26)31)35(29-19-9-3-10-20-29)30-21-11-4-12-22-30;1-2-4-5-3-1;/h3-4,9-12,19-22,24-25,27-28,31H,1-2,5-8,13-18,23H2;1-5H;/q;;+2/t31-;;/m0../s1. The first-order valence-corrected chi connectivity index (χ1v) is 18.9. The van der Waals surface area contributed by atoms with Gasteiger partial charge in [0.25, 0.3) is 0 Å². The molecule has 3 heteroatoms. The molecular weight excluding hydrogens is 574 g/mol. The van der Waals surface area contributed by atoms with Gasteiger partial charge in [-0.1, -0.05) is 114 Å². The monoisotopic (exact) mass is 620 g/mol. The Morgan fingerprint density at radius 2 is 1.00 bits per heavy atom. The molecular formula is C38H46FeP2+2. The van der Waals surface area contributed by atoms with Crippen molar-refractivity contribution < 1.29 is 17.1 Å². The van der Waals surface area contributed by atoms with Crippen LogP contribution in [-0.2, 0) is 17.1 Å². The number of fused-ring (bicyclic) bond motifs is 1. The molecule has 7 rings (SSSR count). The van der Waals surface area contributed by atoms with Crippen molar-refractivity contribution in [3.63, 3.8) is 0 Å². The van der Waals surface area contributed by atoms with Crippen LogP contribution in [0.25, 0.3) is 0 Å². The average molecular weight is 621 g/mol. The van der Waals surface area contributed by atoms with E-state index in [0.717, 1.165) is 17.0 Å². The molecule has 2 aromatic carbocycles. The van der Waals surface area contributed by atoms with Gasteiger partial charge in [-0.3, -0.25) is 0 Å². The predicted molar refractivity (Wildman–Crippen MR) is 177 cm³/mol. The van der Waals surface area contributed by atoms with Gasteiger partial charge in [-0.2, -0.15) is 0 Å². The van der Waals surface area contributed by atoms with Crippen molar-refractivity contribution in [3.8, 4) is 0 Å². The Hall–Kier alpha value is -0.181. The van der Waals surface area contributed by atoms with E-state index < -0.39 is 7.92 Å². The number of rotatable bonds is 6. The van der Waals surface area contributed by atoms with Crippen molar-refractivity contribution in [1.29, 1.82) is 0 Å². The minimum absolute atomic E-state index is 0. The molecule has 2 aromatic rings. The summed E-state index contributed by atoms with van der Waals surface area (Å²) in [7, 11) is -0.444. The van der Waals surface area contributed by atoms with E-state index >= 15 is 0 Å². The van der Waals surface area contributed by atoms with E-state index in [1.54, 1.807) is 11.6 Å². The Morgan fingerprint density at radius 1 is 0.512 bits per heavy atom. The van der Waals surface area contributed by atoms with E-state index in [2.05, 4.69) is 73.5 Å². The molecule has 0 N–H and O–H groups in total. The maximum atomic E-state index is 2.57. The minimum atomic E-state index is -0.499. The van der Waals surface area contributed by atoms with Crippen LogP contribution in [0.1, 0.15) is 83.5 Å². The Morgan fingerprint density at radius 3 is 1.49 bits per heavy atom. The topological polar surface area (TPSA) is 0 Å². The normalized spacial score (nSPS) is 25.1. The Kier molecular flexibility index (Phi) is 13.2. The largest absolute Gasteiger partial charge is 2.00 e. The van der Waals surface area contributed by atoms with Crippen molar-refractivity contribution in [3.05, 3.63) is 123 Å². The molecule has 0 bridgehead atoms. The van der Waals surface area contributed by atoms with Gasteiger partial charge in [-0.05, 0) is 125 Å². The van der Waals surface area contributed by atoms with Gasteiger partial charge in [0.05, 0.1) is 0 Å². The zero-order valence-corrected chi connectivity index (χ0v) is 27.4. The van der Waals surface area contributed by atoms with Crippen molar-refractivity contribution >= 4 is 26.5 Å². The third kappa shape index (κ3) is 8.11. The SMILES string of the molecule is [CH]1[CH][CH][CH][CH]1.[CH]1[CH][C](P(c2ccccc2)c2ccccc2)[C]2[C]1CCC[C@@H]2P(C1CCCCC1)C1CCCCC1.[Fe+2]. The molecule has 5 fully saturated rings. The van der Waals surface area contributed by atoms with Gasteiger partial charge in [-0.25, -0.2) is 0 Å². The molecule has 214 valence electrons. The molecule has 5 aliphatic carbocycles. The molecule has 0 heterocycles. The molecule has 0 aliphatic heterocycles. The van der Waals surface area contributed by atoms with E-state index in [0.29, 0.717) is 0 Å².